The molecule has 16 heavy (non-hydrogen) atoms. The van der Waals surface area contributed by atoms with Crippen molar-refractivity contribution in [3.05, 3.63) is 12.7 Å². The Morgan fingerprint density at radius 1 is 1.44 bits per heavy atom. The van der Waals surface area contributed by atoms with E-state index in [4.69, 9.17) is 5.73 Å². The summed E-state index contributed by atoms with van der Waals surface area (Å²) >= 11 is 0. The SMILES string of the molecule is C=CC[C@@H](NC(=O)CC1CCCC1)C(N)=O. The summed E-state index contributed by atoms with van der Waals surface area (Å²) < 4.78 is 0. The third-order valence-electron chi connectivity index (χ3n) is 3.03. The maximum Gasteiger partial charge on any atom is 0.240 e. The van der Waals surface area contributed by atoms with Crippen LogP contribution < -0.4 is 11.1 Å². The number of carbonyl (C=O) groups is 2. The maximum absolute atomic E-state index is 11.6. The van der Waals surface area contributed by atoms with Gasteiger partial charge in [0.1, 0.15) is 6.04 Å². The number of hydrogen-bond donors (Lipinski definition) is 2. The van der Waals surface area contributed by atoms with Crippen molar-refractivity contribution in [3.8, 4) is 0 Å². The smallest absolute Gasteiger partial charge is 0.240 e. The minimum absolute atomic E-state index is 0.0717. The van der Waals surface area contributed by atoms with Crippen LogP contribution in [0.1, 0.15) is 38.5 Å². The summed E-state index contributed by atoms with van der Waals surface area (Å²) in [6, 6.07) is -0.605. The van der Waals surface area contributed by atoms with E-state index in [9.17, 15) is 9.59 Å². The predicted octanol–water partition coefficient (Wildman–Crippen LogP) is 1.11. The van der Waals surface area contributed by atoms with Gasteiger partial charge in [-0.15, -0.1) is 6.58 Å². The van der Waals surface area contributed by atoms with Gasteiger partial charge in [0.2, 0.25) is 11.8 Å². The number of primary amides is 1. The highest BCUT2D eigenvalue weighted by Gasteiger charge is 2.21. The van der Waals surface area contributed by atoms with Crippen molar-refractivity contribution in [1.29, 1.82) is 0 Å². The molecule has 0 saturated heterocycles. The number of nitrogens with one attached hydrogen (secondary N) is 1. The molecule has 0 aromatic carbocycles. The Labute approximate surface area is 96.3 Å². The molecule has 0 aliphatic heterocycles. The molecule has 1 aliphatic carbocycles. The van der Waals surface area contributed by atoms with Crippen molar-refractivity contribution in [2.24, 2.45) is 11.7 Å². The van der Waals surface area contributed by atoms with Crippen LogP contribution in [0, 0.1) is 5.92 Å². The highest BCUT2D eigenvalue weighted by atomic mass is 16.2. The monoisotopic (exact) mass is 224 g/mol. The molecule has 90 valence electrons. The summed E-state index contributed by atoms with van der Waals surface area (Å²) in [5, 5.41) is 2.66. The summed E-state index contributed by atoms with van der Waals surface area (Å²) in [4.78, 5) is 22.7. The van der Waals surface area contributed by atoms with E-state index in [0.717, 1.165) is 12.8 Å². The third-order valence-corrected chi connectivity index (χ3v) is 3.03. The predicted molar refractivity (Wildman–Crippen MR) is 62.5 cm³/mol. The van der Waals surface area contributed by atoms with Crippen molar-refractivity contribution in [1.82, 2.24) is 5.32 Å². The first-order valence-electron chi connectivity index (χ1n) is 5.83. The zero-order valence-electron chi connectivity index (χ0n) is 9.58. The van der Waals surface area contributed by atoms with Crippen molar-refractivity contribution in [2.45, 2.75) is 44.6 Å². The molecule has 0 spiro atoms. The Hall–Kier alpha value is -1.32. The average Bonchev–Trinajstić information content (AvgIpc) is 2.69. The molecule has 4 heteroatoms. The first-order valence-corrected chi connectivity index (χ1v) is 5.83. The second kappa shape index (κ2) is 6.30. The Balaban J connectivity index is 2.35. The zero-order chi connectivity index (χ0) is 12.0. The lowest BCUT2D eigenvalue weighted by molar-refractivity contribution is -0.127. The Morgan fingerprint density at radius 2 is 2.06 bits per heavy atom. The van der Waals surface area contributed by atoms with E-state index < -0.39 is 11.9 Å². The van der Waals surface area contributed by atoms with Crippen LogP contribution in [0.5, 0.6) is 0 Å². The second-order valence-corrected chi connectivity index (χ2v) is 4.40. The molecular formula is C12H20N2O2. The van der Waals surface area contributed by atoms with Crippen LogP contribution in [-0.2, 0) is 9.59 Å². The fourth-order valence-corrected chi connectivity index (χ4v) is 2.14. The minimum Gasteiger partial charge on any atom is -0.368 e. The van der Waals surface area contributed by atoms with E-state index in [1.165, 1.54) is 12.8 Å². The lowest BCUT2D eigenvalue weighted by Gasteiger charge is -2.15. The van der Waals surface area contributed by atoms with Gasteiger partial charge in [0.15, 0.2) is 0 Å². The third kappa shape index (κ3) is 4.04. The van der Waals surface area contributed by atoms with E-state index in [1.807, 2.05) is 0 Å². The first-order chi connectivity index (χ1) is 7.63. The van der Waals surface area contributed by atoms with Crippen LogP contribution in [0.25, 0.3) is 0 Å². The first kappa shape index (κ1) is 12.7. The van der Waals surface area contributed by atoms with E-state index in [2.05, 4.69) is 11.9 Å². The molecule has 0 bridgehead atoms. The molecule has 4 nitrogen and oxygen atoms in total. The Bertz CT molecular complexity index is 270. The van der Waals surface area contributed by atoms with E-state index in [1.54, 1.807) is 6.08 Å². The van der Waals surface area contributed by atoms with Gasteiger partial charge in [-0.25, -0.2) is 0 Å². The van der Waals surface area contributed by atoms with Gasteiger partial charge in [-0.2, -0.15) is 0 Å². The highest BCUT2D eigenvalue weighted by molar-refractivity contribution is 5.86. The molecule has 1 fully saturated rings. The van der Waals surface area contributed by atoms with E-state index in [-0.39, 0.29) is 5.91 Å². The number of amides is 2. The normalized spacial score (nSPS) is 18.0. The van der Waals surface area contributed by atoms with Gasteiger partial charge in [0.05, 0.1) is 0 Å². The van der Waals surface area contributed by atoms with Crippen molar-refractivity contribution in [2.75, 3.05) is 0 Å². The van der Waals surface area contributed by atoms with Gasteiger partial charge in [-0.05, 0) is 25.2 Å². The minimum atomic E-state index is -0.605. The molecule has 1 aliphatic rings. The van der Waals surface area contributed by atoms with Gasteiger partial charge >= 0.3 is 0 Å². The molecule has 0 aromatic rings. The molecular weight excluding hydrogens is 204 g/mol. The number of nitrogens with two attached hydrogens (primary N) is 1. The molecule has 3 N–H and O–H groups in total. The summed E-state index contributed by atoms with van der Waals surface area (Å²) in [5.74, 6) is -0.0884. The second-order valence-electron chi connectivity index (χ2n) is 4.40. The van der Waals surface area contributed by atoms with Crippen LogP contribution in [-0.4, -0.2) is 17.9 Å². The molecule has 0 unspecified atom stereocenters. The summed E-state index contributed by atoms with van der Waals surface area (Å²) in [5.41, 5.74) is 5.18. The van der Waals surface area contributed by atoms with Crippen molar-refractivity contribution < 1.29 is 9.59 Å². The van der Waals surface area contributed by atoms with Crippen LogP contribution in [0.3, 0.4) is 0 Å². The highest BCUT2D eigenvalue weighted by Crippen LogP contribution is 2.27. The van der Waals surface area contributed by atoms with Crippen LogP contribution in [0.15, 0.2) is 12.7 Å². The van der Waals surface area contributed by atoms with Crippen LogP contribution in [0.2, 0.25) is 0 Å². The lowest BCUT2D eigenvalue weighted by Crippen LogP contribution is -2.44. The topological polar surface area (TPSA) is 72.2 Å². The molecule has 1 atom stereocenters. The van der Waals surface area contributed by atoms with Gasteiger partial charge in [-0.1, -0.05) is 18.9 Å². The van der Waals surface area contributed by atoms with Crippen molar-refractivity contribution in [3.63, 3.8) is 0 Å². The molecule has 1 saturated carbocycles. The summed E-state index contributed by atoms with van der Waals surface area (Å²) in [6.07, 6.45) is 7.16. The van der Waals surface area contributed by atoms with Crippen molar-refractivity contribution >= 4 is 11.8 Å². The fraction of sp³-hybridized carbons (Fsp3) is 0.667. The number of hydrogen-bond acceptors (Lipinski definition) is 2. The maximum atomic E-state index is 11.6. The number of carbonyl (C=O) groups excluding carboxylic acids is 2. The summed E-state index contributed by atoms with van der Waals surface area (Å²) in [7, 11) is 0. The van der Waals surface area contributed by atoms with Crippen LogP contribution >= 0.6 is 0 Å². The van der Waals surface area contributed by atoms with Gasteiger partial charge in [0, 0.05) is 6.42 Å². The summed E-state index contributed by atoms with van der Waals surface area (Å²) in [6.45, 7) is 3.53. The average molecular weight is 224 g/mol. The molecule has 2 amide bonds. The Kier molecular flexibility index (Phi) is 5.02. The largest absolute Gasteiger partial charge is 0.368 e. The lowest BCUT2D eigenvalue weighted by atomic mass is 10.0. The quantitative estimate of drug-likeness (QED) is 0.663. The molecule has 0 radical (unpaired) electrons. The van der Waals surface area contributed by atoms with E-state index >= 15 is 0 Å². The van der Waals surface area contributed by atoms with Gasteiger partial charge in [-0.3, -0.25) is 9.59 Å². The Morgan fingerprint density at radius 3 is 2.56 bits per heavy atom. The molecule has 1 rings (SSSR count). The molecule has 0 aromatic heterocycles. The standard InChI is InChI=1S/C12H20N2O2/c1-2-5-10(12(13)16)14-11(15)8-9-6-3-4-7-9/h2,9-10H,1,3-8H2,(H2,13,16)(H,14,15)/t10-/m1/s1. The number of rotatable bonds is 6. The fourth-order valence-electron chi connectivity index (χ4n) is 2.14. The zero-order valence-corrected chi connectivity index (χ0v) is 9.58. The van der Waals surface area contributed by atoms with E-state index in [0.29, 0.717) is 18.8 Å². The van der Waals surface area contributed by atoms with Crippen LogP contribution in [0.4, 0.5) is 0 Å². The van der Waals surface area contributed by atoms with Gasteiger partial charge < -0.3 is 11.1 Å². The van der Waals surface area contributed by atoms with Gasteiger partial charge in [0.25, 0.3) is 0 Å². The molecule has 0 heterocycles.